The highest BCUT2D eigenvalue weighted by molar-refractivity contribution is 5.71. The van der Waals surface area contributed by atoms with Crippen LogP contribution in [0, 0.1) is 0 Å². The van der Waals surface area contributed by atoms with Crippen molar-refractivity contribution in [1.82, 2.24) is 0 Å². The van der Waals surface area contributed by atoms with Gasteiger partial charge in [-0.1, -0.05) is 249 Å². The molecule has 0 radical (unpaired) electrons. The standard InChI is InChI=1S/C57H102O6/c1-4-7-10-13-16-19-22-25-27-28-30-33-36-39-42-45-48-51-57(60)63-54(52-61-55(58)49-46-43-40-37-34-31-24-21-18-15-12-9-6-3)53-62-56(59)50-47-44-41-38-35-32-29-26-23-20-17-14-11-8-5-2/h8,11,17,20,26,29,35,38,54H,4-7,9-10,12-16,18-19,21-25,27-28,30-34,36-37,39-53H2,1-3H3/b11-8-,20-17-,29-26-,38-35-/t54-/m0/s1. The molecule has 63 heavy (non-hydrogen) atoms. The van der Waals surface area contributed by atoms with Gasteiger partial charge in [-0.05, 0) is 57.8 Å². The van der Waals surface area contributed by atoms with Crippen LogP contribution in [-0.2, 0) is 28.6 Å². The molecular formula is C57H102O6. The highest BCUT2D eigenvalue weighted by atomic mass is 16.6. The zero-order valence-electron chi connectivity index (χ0n) is 41.8. The minimum Gasteiger partial charge on any atom is -0.462 e. The van der Waals surface area contributed by atoms with Gasteiger partial charge in [0.2, 0.25) is 0 Å². The smallest absolute Gasteiger partial charge is 0.306 e. The zero-order valence-corrected chi connectivity index (χ0v) is 41.8. The molecule has 0 spiro atoms. The van der Waals surface area contributed by atoms with E-state index in [4.69, 9.17) is 14.2 Å². The van der Waals surface area contributed by atoms with Crippen molar-refractivity contribution in [2.75, 3.05) is 13.2 Å². The summed E-state index contributed by atoms with van der Waals surface area (Å²) in [6.45, 7) is 6.52. The fourth-order valence-corrected chi connectivity index (χ4v) is 7.79. The van der Waals surface area contributed by atoms with Crippen molar-refractivity contribution in [3.63, 3.8) is 0 Å². The van der Waals surface area contributed by atoms with Crippen LogP contribution in [0.15, 0.2) is 48.6 Å². The van der Waals surface area contributed by atoms with Gasteiger partial charge in [0.15, 0.2) is 6.10 Å². The summed E-state index contributed by atoms with van der Waals surface area (Å²) in [5.41, 5.74) is 0. The van der Waals surface area contributed by atoms with E-state index in [1.807, 2.05) is 0 Å². The number of hydrogen-bond acceptors (Lipinski definition) is 6. The highest BCUT2D eigenvalue weighted by Crippen LogP contribution is 2.16. The van der Waals surface area contributed by atoms with Crippen LogP contribution in [0.25, 0.3) is 0 Å². The van der Waals surface area contributed by atoms with Crippen molar-refractivity contribution < 1.29 is 28.6 Å². The fourth-order valence-electron chi connectivity index (χ4n) is 7.79. The van der Waals surface area contributed by atoms with Crippen molar-refractivity contribution in [1.29, 1.82) is 0 Å². The molecule has 366 valence electrons. The van der Waals surface area contributed by atoms with Crippen molar-refractivity contribution in [3.8, 4) is 0 Å². The normalized spacial score (nSPS) is 12.4. The Hall–Kier alpha value is -2.63. The third-order valence-corrected chi connectivity index (χ3v) is 11.8. The van der Waals surface area contributed by atoms with E-state index in [9.17, 15) is 14.4 Å². The van der Waals surface area contributed by atoms with Crippen LogP contribution in [0.5, 0.6) is 0 Å². The predicted molar refractivity (Wildman–Crippen MR) is 270 cm³/mol. The first kappa shape index (κ1) is 60.4. The second kappa shape index (κ2) is 52.0. The van der Waals surface area contributed by atoms with Crippen molar-refractivity contribution in [3.05, 3.63) is 48.6 Å². The van der Waals surface area contributed by atoms with Crippen LogP contribution < -0.4 is 0 Å². The highest BCUT2D eigenvalue weighted by Gasteiger charge is 2.19. The lowest BCUT2D eigenvalue weighted by atomic mass is 10.0. The molecule has 0 heterocycles. The number of carbonyl (C=O) groups excluding carboxylic acids is 3. The lowest BCUT2D eigenvalue weighted by molar-refractivity contribution is -0.167. The third kappa shape index (κ3) is 50.2. The van der Waals surface area contributed by atoms with Gasteiger partial charge in [-0.15, -0.1) is 0 Å². The Bertz CT molecular complexity index is 1110. The van der Waals surface area contributed by atoms with Gasteiger partial charge in [0, 0.05) is 19.3 Å². The largest absolute Gasteiger partial charge is 0.462 e. The Labute approximate surface area is 390 Å². The minimum absolute atomic E-state index is 0.0822. The van der Waals surface area contributed by atoms with Crippen LogP contribution in [0.4, 0.5) is 0 Å². The van der Waals surface area contributed by atoms with E-state index < -0.39 is 6.10 Å². The second-order valence-electron chi connectivity index (χ2n) is 18.1. The molecule has 1 atom stereocenters. The molecule has 0 saturated heterocycles. The van der Waals surface area contributed by atoms with E-state index in [1.165, 1.54) is 154 Å². The molecule has 0 saturated carbocycles. The number of hydrogen-bond donors (Lipinski definition) is 0. The summed E-state index contributed by atoms with van der Waals surface area (Å²) in [7, 11) is 0. The lowest BCUT2D eigenvalue weighted by Crippen LogP contribution is -2.30. The first-order chi connectivity index (χ1) is 31.0. The maximum atomic E-state index is 12.8. The summed E-state index contributed by atoms with van der Waals surface area (Å²) in [6, 6.07) is 0. The first-order valence-electron chi connectivity index (χ1n) is 27.1. The maximum Gasteiger partial charge on any atom is 0.306 e. The average Bonchev–Trinajstić information content (AvgIpc) is 3.28. The Kier molecular flexibility index (Phi) is 49.8. The van der Waals surface area contributed by atoms with Crippen LogP contribution in [0.2, 0.25) is 0 Å². The molecule has 0 N–H and O–H groups in total. The first-order valence-corrected chi connectivity index (χ1v) is 27.1. The summed E-state index contributed by atoms with van der Waals surface area (Å²) in [5, 5.41) is 0. The lowest BCUT2D eigenvalue weighted by Gasteiger charge is -2.18. The molecule has 0 aliphatic carbocycles. The van der Waals surface area contributed by atoms with Crippen LogP contribution in [0.1, 0.15) is 278 Å². The summed E-state index contributed by atoms with van der Waals surface area (Å²) in [4.78, 5) is 38.0. The van der Waals surface area contributed by atoms with E-state index in [0.29, 0.717) is 19.3 Å². The Morgan fingerprint density at radius 3 is 0.968 bits per heavy atom. The molecule has 0 aromatic carbocycles. The molecule has 6 heteroatoms. The molecule has 0 fully saturated rings. The molecule has 0 rings (SSSR count). The summed E-state index contributed by atoms with van der Waals surface area (Å²) in [5.74, 6) is -0.912. The van der Waals surface area contributed by atoms with Crippen LogP contribution in [0.3, 0.4) is 0 Å². The molecule has 0 amide bonds. The van der Waals surface area contributed by atoms with Crippen molar-refractivity contribution in [2.24, 2.45) is 0 Å². The van der Waals surface area contributed by atoms with E-state index in [2.05, 4.69) is 69.4 Å². The maximum absolute atomic E-state index is 12.8. The minimum atomic E-state index is -0.785. The average molecular weight is 883 g/mol. The summed E-state index contributed by atoms with van der Waals surface area (Å²) < 4.78 is 16.8. The van der Waals surface area contributed by atoms with Gasteiger partial charge in [0.05, 0.1) is 0 Å². The van der Waals surface area contributed by atoms with Gasteiger partial charge in [0.1, 0.15) is 13.2 Å². The summed E-state index contributed by atoms with van der Waals surface area (Å²) in [6.07, 6.45) is 62.4. The van der Waals surface area contributed by atoms with Gasteiger partial charge in [-0.25, -0.2) is 0 Å². The summed E-state index contributed by atoms with van der Waals surface area (Å²) >= 11 is 0. The molecule has 0 aliphatic heterocycles. The zero-order chi connectivity index (χ0) is 45.8. The molecule has 0 aliphatic rings. The SMILES string of the molecule is CC/C=C\C/C=C\C/C=C\C/C=C\CCCCC(=O)OC[C@H](COC(=O)CCCCCCCCCCCCCCC)OC(=O)CCCCCCCCCCCCCCCCCCC. The Balaban J connectivity index is 4.40. The van der Waals surface area contributed by atoms with Crippen molar-refractivity contribution in [2.45, 2.75) is 284 Å². The predicted octanol–water partition coefficient (Wildman–Crippen LogP) is 17.9. The van der Waals surface area contributed by atoms with E-state index in [0.717, 1.165) is 83.5 Å². The van der Waals surface area contributed by atoms with Gasteiger partial charge >= 0.3 is 17.9 Å². The molecule has 0 bridgehead atoms. The fraction of sp³-hybridized carbons (Fsp3) is 0.807. The van der Waals surface area contributed by atoms with Gasteiger partial charge in [-0.2, -0.15) is 0 Å². The van der Waals surface area contributed by atoms with Gasteiger partial charge < -0.3 is 14.2 Å². The third-order valence-electron chi connectivity index (χ3n) is 11.8. The van der Waals surface area contributed by atoms with E-state index in [-0.39, 0.29) is 31.1 Å². The van der Waals surface area contributed by atoms with Crippen molar-refractivity contribution >= 4 is 17.9 Å². The Morgan fingerprint density at radius 1 is 0.333 bits per heavy atom. The quantitative estimate of drug-likeness (QED) is 0.0262. The Morgan fingerprint density at radius 2 is 0.619 bits per heavy atom. The van der Waals surface area contributed by atoms with Gasteiger partial charge in [0.25, 0.3) is 0 Å². The molecule has 0 aromatic heterocycles. The number of unbranched alkanes of at least 4 members (excludes halogenated alkanes) is 30. The number of rotatable bonds is 49. The topological polar surface area (TPSA) is 78.9 Å². The number of esters is 3. The van der Waals surface area contributed by atoms with Crippen LogP contribution >= 0.6 is 0 Å². The number of allylic oxidation sites excluding steroid dienone is 8. The second-order valence-corrected chi connectivity index (χ2v) is 18.1. The molecule has 6 nitrogen and oxygen atoms in total. The van der Waals surface area contributed by atoms with Gasteiger partial charge in [-0.3, -0.25) is 14.4 Å². The monoisotopic (exact) mass is 883 g/mol. The molecular weight excluding hydrogens is 781 g/mol. The molecule has 0 unspecified atom stereocenters. The number of carbonyl (C=O) groups is 3. The van der Waals surface area contributed by atoms with E-state index >= 15 is 0 Å². The molecule has 0 aromatic rings. The van der Waals surface area contributed by atoms with Crippen LogP contribution in [-0.4, -0.2) is 37.2 Å². The van der Waals surface area contributed by atoms with E-state index in [1.54, 1.807) is 0 Å². The number of ether oxygens (including phenoxy) is 3.